The zero-order valence-electron chi connectivity index (χ0n) is 9.83. The molecular weight excluding hydrogens is 242 g/mol. The van der Waals surface area contributed by atoms with E-state index in [9.17, 15) is 5.21 Å². The predicted molar refractivity (Wildman–Crippen MR) is 70.3 cm³/mol. The van der Waals surface area contributed by atoms with Gasteiger partial charge in [0, 0.05) is 6.07 Å². The Labute approximate surface area is 107 Å². The third kappa shape index (κ3) is 1.29. The minimum Gasteiger partial charge on any atom is -0.618 e. The first-order valence-corrected chi connectivity index (χ1v) is 5.87. The maximum Gasteiger partial charge on any atom is 0.288 e. The first kappa shape index (κ1) is 10.1. The van der Waals surface area contributed by atoms with Crippen LogP contribution >= 0.6 is 0 Å². The van der Waals surface area contributed by atoms with Crippen molar-refractivity contribution < 1.29 is 9.15 Å². The van der Waals surface area contributed by atoms with Crippen molar-refractivity contribution in [2.75, 3.05) is 0 Å². The second-order valence-electron chi connectivity index (χ2n) is 4.26. The van der Waals surface area contributed by atoms with Crippen LogP contribution in [0.15, 0.2) is 53.4 Å². The number of hydrogen-bond acceptors (Lipinski definition) is 3. The second kappa shape index (κ2) is 3.58. The Morgan fingerprint density at radius 1 is 1.16 bits per heavy atom. The lowest BCUT2D eigenvalue weighted by molar-refractivity contribution is -0.564. The molecule has 1 aromatic carbocycles. The van der Waals surface area contributed by atoms with E-state index < -0.39 is 0 Å². The Morgan fingerprint density at radius 2 is 2.05 bits per heavy atom. The molecular formula is C14H9N3O2. The maximum atomic E-state index is 12.5. The number of hydrogen-bond donors (Lipinski definition) is 1. The number of benzene rings is 1. The van der Waals surface area contributed by atoms with E-state index in [1.807, 2.05) is 18.2 Å². The van der Waals surface area contributed by atoms with Gasteiger partial charge in [0.05, 0.1) is 23.5 Å². The zero-order valence-corrected chi connectivity index (χ0v) is 9.83. The SMILES string of the molecule is [O-][n+]1c(-c2ccco2)c2nc[nH]c2c2ccccc21. The van der Waals surface area contributed by atoms with Crippen LogP contribution in [0.25, 0.3) is 33.4 Å². The van der Waals surface area contributed by atoms with Crippen molar-refractivity contribution in [2.45, 2.75) is 0 Å². The van der Waals surface area contributed by atoms with Gasteiger partial charge in [-0.15, -0.1) is 0 Å². The largest absolute Gasteiger partial charge is 0.618 e. The molecule has 0 aliphatic carbocycles. The lowest BCUT2D eigenvalue weighted by atomic mass is 10.1. The lowest BCUT2D eigenvalue weighted by Crippen LogP contribution is -2.30. The summed E-state index contributed by atoms with van der Waals surface area (Å²) in [7, 11) is 0. The van der Waals surface area contributed by atoms with Crippen LogP contribution in [-0.2, 0) is 0 Å². The van der Waals surface area contributed by atoms with Crippen molar-refractivity contribution in [3.05, 3.63) is 54.2 Å². The first-order valence-electron chi connectivity index (χ1n) is 5.87. The fourth-order valence-corrected chi connectivity index (χ4v) is 2.39. The topological polar surface area (TPSA) is 68.8 Å². The Morgan fingerprint density at radius 3 is 2.89 bits per heavy atom. The molecule has 4 rings (SSSR count). The number of furan rings is 1. The number of H-pyrrole nitrogens is 1. The summed E-state index contributed by atoms with van der Waals surface area (Å²) in [6, 6.07) is 10.9. The van der Waals surface area contributed by atoms with Crippen LogP contribution in [0.2, 0.25) is 0 Å². The molecule has 0 bridgehead atoms. The molecule has 0 saturated heterocycles. The highest BCUT2D eigenvalue weighted by atomic mass is 16.5. The van der Waals surface area contributed by atoms with E-state index >= 15 is 0 Å². The number of aromatic nitrogens is 3. The molecule has 0 fully saturated rings. The fourth-order valence-electron chi connectivity index (χ4n) is 2.39. The molecule has 0 amide bonds. The van der Waals surface area contributed by atoms with Crippen molar-refractivity contribution in [3.8, 4) is 11.5 Å². The van der Waals surface area contributed by atoms with Gasteiger partial charge in [0.1, 0.15) is 0 Å². The van der Waals surface area contributed by atoms with Gasteiger partial charge in [-0.1, -0.05) is 12.1 Å². The molecule has 0 aliphatic rings. The number of fused-ring (bicyclic) bond motifs is 3. The summed E-state index contributed by atoms with van der Waals surface area (Å²) in [5.41, 5.74) is 2.48. The number of aromatic amines is 1. The summed E-state index contributed by atoms with van der Waals surface area (Å²) in [5.74, 6) is 0.512. The van der Waals surface area contributed by atoms with E-state index in [2.05, 4.69) is 9.97 Å². The number of pyridine rings is 1. The van der Waals surface area contributed by atoms with Crippen LogP contribution in [-0.4, -0.2) is 9.97 Å². The van der Waals surface area contributed by atoms with Crippen LogP contribution in [0, 0.1) is 5.21 Å². The third-order valence-corrected chi connectivity index (χ3v) is 3.21. The number of para-hydroxylation sites is 1. The average molecular weight is 251 g/mol. The van der Waals surface area contributed by atoms with E-state index in [1.165, 1.54) is 0 Å². The summed E-state index contributed by atoms with van der Waals surface area (Å²) in [4.78, 5) is 7.34. The summed E-state index contributed by atoms with van der Waals surface area (Å²) in [6.07, 6.45) is 3.13. The number of rotatable bonds is 1. The molecule has 5 nitrogen and oxygen atoms in total. The Kier molecular flexibility index (Phi) is 1.91. The van der Waals surface area contributed by atoms with Gasteiger partial charge in [-0.2, -0.15) is 4.73 Å². The summed E-state index contributed by atoms with van der Waals surface area (Å²) >= 11 is 0. The average Bonchev–Trinajstić information content (AvgIpc) is 3.10. The molecule has 19 heavy (non-hydrogen) atoms. The summed E-state index contributed by atoms with van der Waals surface area (Å²) in [5, 5.41) is 13.4. The van der Waals surface area contributed by atoms with Crippen molar-refractivity contribution in [2.24, 2.45) is 0 Å². The van der Waals surface area contributed by atoms with E-state index in [1.54, 1.807) is 30.8 Å². The minimum atomic E-state index is 0.431. The number of nitrogens with one attached hydrogen (secondary N) is 1. The van der Waals surface area contributed by atoms with Crippen molar-refractivity contribution in [1.29, 1.82) is 0 Å². The first-order chi connectivity index (χ1) is 9.36. The molecule has 0 aliphatic heterocycles. The highest BCUT2D eigenvalue weighted by Gasteiger charge is 2.23. The minimum absolute atomic E-state index is 0.431. The second-order valence-corrected chi connectivity index (χ2v) is 4.26. The van der Waals surface area contributed by atoms with Crippen LogP contribution in [0.1, 0.15) is 0 Å². The van der Waals surface area contributed by atoms with Gasteiger partial charge in [-0.3, -0.25) is 0 Å². The predicted octanol–water partition coefficient (Wildman–Crippen LogP) is 2.61. The van der Waals surface area contributed by atoms with Gasteiger partial charge in [0.2, 0.25) is 11.3 Å². The molecule has 0 radical (unpaired) electrons. The number of nitrogens with zero attached hydrogens (tertiary/aromatic N) is 2. The molecule has 0 unspecified atom stereocenters. The van der Waals surface area contributed by atoms with E-state index in [-0.39, 0.29) is 0 Å². The van der Waals surface area contributed by atoms with Crippen molar-refractivity contribution in [3.63, 3.8) is 0 Å². The van der Waals surface area contributed by atoms with Gasteiger partial charge in [-0.05, 0) is 18.2 Å². The van der Waals surface area contributed by atoms with Gasteiger partial charge in [0.15, 0.2) is 5.52 Å². The van der Waals surface area contributed by atoms with Crippen molar-refractivity contribution >= 4 is 21.9 Å². The third-order valence-electron chi connectivity index (χ3n) is 3.21. The summed E-state index contributed by atoms with van der Waals surface area (Å²) in [6.45, 7) is 0. The highest BCUT2D eigenvalue weighted by Crippen LogP contribution is 2.28. The van der Waals surface area contributed by atoms with E-state index in [0.29, 0.717) is 22.5 Å². The molecule has 3 heterocycles. The molecule has 92 valence electrons. The smallest absolute Gasteiger partial charge is 0.288 e. The molecule has 0 spiro atoms. The van der Waals surface area contributed by atoms with Crippen LogP contribution < -0.4 is 4.73 Å². The Bertz CT molecular complexity index is 878. The van der Waals surface area contributed by atoms with E-state index in [4.69, 9.17) is 4.42 Å². The Hall–Kier alpha value is -2.82. The summed E-state index contributed by atoms with van der Waals surface area (Å²) < 4.78 is 6.22. The Balaban J connectivity index is 2.28. The molecule has 3 aromatic heterocycles. The molecule has 5 heteroatoms. The quantitative estimate of drug-likeness (QED) is 0.417. The van der Waals surface area contributed by atoms with Crippen LogP contribution in [0.4, 0.5) is 0 Å². The van der Waals surface area contributed by atoms with Crippen LogP contribution in [0.3, 0.4) is 0 Å². The standard InChI is InChI=1S/C14H9N3O2/c18-17-10-5-2-1-4-9(10)12-13(16-8-15-12)14(17)11-6-3-7-19-11/h1-8H,(H,15,16). The highest BCUT2D eigenvalue weighted by molar-refractivity contribution is 6.04. The normalized spacial score (nSPS) is 11.4. The number of imidazole rings is 1. The molecule has 1 N–H and O–H groups in total. The van der Waals surface area contributed by atoms with Gasteiger partial charge >= 0.3 is 0 Å². The maximum absolute atomic E-state index is 12.5. The van der Waals surface area contributed by atoms with E-state index in [0.717, 1.165) is 15.6 Å². The molecule has 0 atom stereocenters. The van der Waals surface area contributed by atoms with Crippen molar-refractivity contribution in [1.82, 2.24) is 9.97 Å². The molecule has 0 saturated carbocycles. The van der Waals surface area contributed by atoms with Gasteiger partial charge in [-0.25, -0.2) is 4.98 Å². The molecule has 4 aromatic rings. The monoisotopic (exact) mass is 251 g/mol. The fraction of sp³-hybridized carbons (Fsp3) is 0. The van der Waals surface area contributed by atoms with Crippen LogP contribution in [0.5, 0.6) is 0 Å². The zero-order chi connectivity index (χ0) is 12.8. The lowest BCUT2D eigenvalue weighted by Gasteiger charge is -2.07. The van der Waals surface area contributed by atoms with Gasteiger partial charge < -0.3 is 14.6 Å². The van der Waals surface area contributed by atoms with Gasteiger partial charge in [0.25, 0.3) is 5.69 Å².